The Bertz CT molecular complexity index is 917. The Morgan fingerprint density at radius 2 is 1.30 bits per heavy atom. The van der Waals surface area contributed by atoms with Crippen molar-refractivity contribution >= 4 is 23.0 Å². The molecule has 1 aliphatic heterocycles. The van der Waals surface area contributed by atoms with E-state index < -0.39 is 0 Å². The number of aliphatic imine (C=N–C) groups is 1. The third-order valence-electron chi connectivity index (χ3n) is 4.76. The molecule has 27 heavy (non-hydrogen) atoms. The van der Waals surface area contributed by atoms with Crippen LogP contribution in [0.5, 0.6) is 11.5 Å². The predicted molar refractivity (Wildman–Crippen MR) is 111 cm³/mol. The van der Waals surface area contributed by atoms with Crippen LogP contribution in [0.3, 0.4) is 0 Å². The maximum Gasteiger partial charge on any atom is 0.118 e. The van der Waals surface area contributed by atoms with E-state index in [-0.39, 0.29) is 0 Å². The highest BCUT2D eigenvalue weighted by Crippen LogP contribution is 2.33. The average Bonchev–Trinajstić information content (AvgIpc) is 2.93. The Hall–Kier alpha value is -3.33. The zero-order valence-electron chi connectivity index (χ0n) is 15.5. The maximum absolute atomic E-state index is 5.29. The molecule has 0 aromatic heterocycles. The van der Waals surface area contributed by atoms with Gasteiger partial charge in [-0.3, -0.25) is 4.99 Å². The number of rotatable bonds is 4. The lowest BCUT2D eigenvalue weighted by Crippen LogP contribution is -2.01. The van der Waals surface area contributed by atoms with Gasteiger partial charge in [0.05, 0.1) is 25.6 Å². The number of para-hydroxylation sites is 1. The molecule has 0 saturated heterocycles. The maximum atomic E-state index is 5.29. The number of fused-ring (bicyclic) bond motifs is 1. The second kappa shape index (κ2) is 7.50. The molecule has 0 spiro atoms. The van der Waals surface area contributed by atoms with E-state index >= 15 is 0 Å². The molecule has 3 heteroatoms. The average molecular weight is 355 g/mol. The minimum absolute atomic E-state index is 0.757. The smallest absolute Gasteiger partial charge is 0.118 e. The molecule has 1 heterocycles. The highest BCUT2D eigenvalue weighted by molar-refractivity contribution is 6.11. The van der Waals surface area contributed by atoms with Crippen LogP contribution in [0.1, 0.15) is 23.1 Å². The van der Waals surface area contributed by atoms with E-state index in [1.54, 1.807) is 14.2 Å². The molecule has 0 atom stereocenters. The fourth-order valence-electron chi connectivity index (χ4n) is 3.26. The van der Waals surface area contributed by atoms with Gasteiger partial charge in [0.15, 0.2) is 0 Å². The van der Waals surface area contributed by atoms with Crippen LogP contribution in [-0.4, -0.2) is 19.9 Å². The van der Waals surface area contributed by atoms with E-state index in [1.165, 1.54) is 11.1 Å². The Balaban J connectivity index is 1.78. The first-order valence-electron chi connectivity index (χ1n) is 8.93. The van der Waals surface area contributed by atoms with Crippen LogP contribution in [0.15, 0.2) is 77.8 Å². The van der Waals surface area contributed by atoms with Gasteiger partial charge >= 0.3 is 0 Å². The molecule has 0 N–H and O–H groups in total. The van der Waals surface area contributed by atoms with Crippen LogP contribution in [-0.2, 0) is 0 Å². The minimum Gasteiger partial charge on any atom is -0.497 e. The van der Waals surface area contributed by atoms with Crippen LogP contribution < -0.4 is 9.47 Å². The van der Waals surface area contributed by atoms with Crippen LogP contribution >= 0.6 is 0 Å². The molecule has 3 nitrogen and oxygen atoms in total. The number of ether oxygens (including phenoxy) is 2. The lowest BCUT2D eigenvalue weighted by Gasteiger charge is -2.10. The topological polar surface area (TPSA) is 30.8 Å². The first kappa shape index (κ1) is 17.1. The van der Waals surface area contributed by atoms with Gasteiger partial charge in [0.1, 0.15) is 11.5 Å². The quantitative estimate of drug-likeness (QED) is 0.595. The van der Waals surface area contributed by atoms with E-state index in [0.717, 1.165) is 40.4 Å². The normalized spacial score (nSPS) is 13.1. The van der Waals surface area contributed by atoms with Gasteiger partial charge in [-0.05, 0) is 65.2 Å². The summed E-state index contributed by atoms with van der Waals surface area (Å²) < 4.78 is 10.6. The Morgan fingerprint density at radius 1 is 0.704 bits per heavy atom. The highest BCUT2D eigenvalue weighted by atomic mass is 16.5. The standard InChI is InChI=1S/C24H21NO2/c1-26-21-11-7-17(8-12-21)20-15-19-5-3-4-6-23(19)25-24(16-20)18-9-13-22(27-2)14-10-18/h3-15H,16H2,1-2H3. The molecule has 4 rings (SSSR count). The largest absolute Gasteiger partial charge is 0.497 e. The number of nitrogens with zero attached hydrogens (tertiary/aromatic N) is 1. The fourth-order valence-corrected chi connectivity index (χ4v) is 3.26. The summed E-state index contributed by atoms with van der Waals surface area (Å²) in [6.45, 7) is 0. The zero-order chi connectivity index (χ0) is 18.6. The van der Waals surface area contributed by atoms with Gasteiger partial charge < -0.3 is 9.47 Å². The van der Waals surface area contributed by atoms with Crippen LogP contribution in [0, 0.1) is 0 Å². The summed E-state index contributed by atoms with van der Waals surface area (Å²) in [5.74, 6) is 1.71. The lowest BCUT2D eigenvalue weighted by molar-refractivity contribution is 0.414. The van der Waals surface area contributed by atoms with Gasteiger partial charge in [-0.2, -0.15) is 0 Å². The molecule has 0 amide bonds. The number of methoxy groups -OCH3 is 2. The van der Waals surface area contributed by atoms with E-state index in [2.05, 4.69) is 48.5 Å². The summed E-state index contributed by atoms with van der Waals surface area (Å²) in [6.07, 6.45) is 2.99. The van der Waals surface area contributed by atoms with Gasteiger partial charge in [-0.25, -0.2) is 0 Å². The lowest BCUT2D eigenvalue weighted by atomic mass is 9.95. The third-order valence-corrected chi connectivity index (χ3v) is 4.76. The monoisotopic (exact) mass is 355 g/mol. The first-order chi connectivity index (χ1) is 13.3. The van der Waals surface area contributed by atoms with Crippen molar-refractivity contribution in [3.63, 3.8) is 0 Å². The molecule has 0 aliphatic carbocycles. The van der Waals surface area contributed by atoms with Gasteiger partial charge in [-0.15, -0.1) is 0 Å². The molecule has 0 unspecified atom stereocenters. The number of hydrogen-bond donors (Lipinski definition) is 0. The second-order valence-corrected chi connectivity index (χ2v) is 6.42. The van der Waals surface area contributed by atoms with Gasteiger partial charge in [0.25, 0.3) is 0 Å². The van der Waals surface area contributed by atoms with Gasteiger partial charge in [0.2, 0.25) is 0 Å². The molecule has 0 fully saturated rings. The molecule has 3 aromatic carbocycles. The zero-order valence-corrected chi connectivity index (χ0v) is 15.5. The Labute approximate surface area is 159 Å². The predicted octanol–water partition coefficient (Wildman–Crippen LogP) is 5.77. The highest BCUT2D eigenvalue weighted by Gasteiger charge is 2.15. The van der Waals surface area contributed by atoms with E-state index in [0.29, 0.717) is 0 Å². The number of benzene rings is 3. The first-order valence-corrected chi connectivity index (χ1v) is 8.93. The molecule has 0 bridgehead atoms. The van der Waals surface area contributed by atoms with Crippen molar-refractivity contribution in [1.82, 2.24) is 0 Å². The molecular formula is C24H21NO2. The Morgan fingerprint density at radius 3 is 1.93 bits per heavy atom. The molecule has 0 radical (unpaired) electrons. The SMILES string of the molecule is COc1ccc(C2=Cc3ccccc3N=C(c3ccc(OC)cc3)C2)cc1. The second-order valence-electron chi connectivity index (χ2n) is 6.42. The van der Waals surface area contributed by atoms with Crippen LogP contribution in [0.25, 0.3) is 11.6 Å². The summed E-state index contributed by atoms with van der Waals surface area (Å²) in [6, 6.07) is 24.5. The van der Waals surface area contributed by atoms with Crippen molar-refractivity contribution in [3.05, 3.63) is 89.5 Å². The Kier molecular flexibility index (Phi) is 4.75. The molecule has 0 saturated carbocycles. The van der Waals surface area contributed by atoms with Crippen molar-refractivity contribution in [3.8, 4) is 11.5 Å². The van der Waals surface area contributed by atoms with Crippen molar-refractivity contribution in [2.24, 2.45) is 4.99 Å². The molecule has 134 valence electrons. The third kappa shape index (κ3) is 3.63. The van der Waals surface area contributed by atoms with Gasteiger partial charge in [0, 0.05) is 12.0 Å². The minimum atomic E-state index is 0.757. The molecule has 1 aliphatic rings. The van der Waals surface area contributed by atoms with Crippen LogP contribution in [0.2, 0.25) is 0 Å². The van der Waals surface area contributed by atoms with Crippen LogP contribution in [0.4, 0.5) is 5.69 Å². The number of allylic oxidation sites excluding steroid dienone is 1. The molecular weight excluding hydrogens is 334 g/mol. The van der Waals surface area contributed by atoms with E-state index in [4.69, 9.17) is 14.5 Å². The van der Waals surface area contributed by atoms with Crippen molar-refractivity contribution < 1.29 is 9.47 Å². The summed E-state index contributed by atoms with van der Waals surface area (Å²) in [7, 11) is 3.36. The summed E-state index contributed by atoms with van der Waals surface area (Å²) in [4.78, 5) is 4.97. The number of hydrogen-bond acceptors (Lipinski definition) is 3. The summed E-state index contributed by atoms with van der Waals surface area (Å²) in [5.41, 5.74) is 6.68. The van der Waals surface area contributed by atoms with E-state index in [9.17, 15) is 0 Å². The summed E-state index contributed by atoms with van der Waals surface area (Å²) in [5, 5.41) is 0. The van der Waals surface area contributed by atoms with Crippen molar-refractivity contribution in [2.75, 3.05) is 14.2 Å². The van der Waals surface area contributed by atoms with E-state index in [1.807, 2.05) is 30.3 Å². The summed E-state index contributed by atoms with van der Waals surface area (Å²) >= 11 is 0. The fraction of sp³-hybridized carbons (Fsp3) is 0.125. The van der Waals surface area contributed by atoms with Gasteiger partial charge in [-0.1, -0.05) is 30.3 Å². The molecule has 3 aromatic rings. The van der Waals surface area contributed by atoms with Crippen molar-refractivity contribution in [2.45, 2.75) is 6.42 Å². The van der Waals surface area contributed by atoms with Crippen molar-refractivity contribution in [1.29, 1.82) is 0 Å².